The first kappa shape index (κ1) is 21.2. The van der Waals surface area contributed by atoms with Gasteiger partial charge in [-0.15, -0.1) is 0 Å². The summed E-state index contributed by atoms with van der Waals surface area (Å²) < 4.78 is 13.6. The van der Waals surface area contributed by atoms with Gasteiger partial charge in [-0.05, 0) is 56.2 Å². The molecule has 1 amide bonds. The summed E-state index contributed by atoms with van der Waals surface area (Å²) in [4.78, 5) is 25.5. The summed E-state index contributed by atoms with van der Waals surface area (Å²) in [5.74, 6) is 1.29. The summed E-state index contributed by atoms with van der Waals surface area (Å²) in [5, 5.41) is 5.50. The topological polar surface area (TPSA) is 84.8 Å². The Morgan fingerprint density at radius 1 is 1.09 bits per heavy atom. The molecule has 1 unspecified atom stereocenters. The number of carbonyl (C=O) groups excluding carboxylic acids is 1. The number of nitrogens with one attached hydrogen (secondary N) is 2. The Morgan fingerprint density at radius 3 is 2.59 bits per heavy atom. The van der Waals surface area contributed by atoms with E-state index in [4.69, 9.17) is 9.47 Å². The van der Waals surface area contributed by atoms with E-state index in [-0.39, 0.29) is 11.7 Å². The number of hydrogen-bond donors (Lipinski definition) is 2. The molecule has 2 heterocycles. The van der Waals surface area contributed by atoms with Gasteiger partial charge < -0.3 is 14.8 Å². The molecule has 4 rings (SSSR count). The van der Waals surface area contributed by atoms with Crippen molar-refractivity contribution in [2.24, 2.45) is 0 Å². The molecule has 0 saturated heterocycles. The number of amides is 1. The molecule has 0 aliphatic rings. The first-order valence-corrected chi connectivity index (χ1v) is 10.5. The SMILES string of the molecule is CCC(C)Oc1cc(Oc2ccccc2)c(C)cc1NC(=O)c1c(=O)[nH]n2ccccc12. The first-order chi connectivity index (χ1) is 15.5. The minimum absolute atomic E-state index is 0.0438. The van der Waals surface area contributed by atoms with Crippen LogP contribution < -0.4 is 20.3 Å². The van der Waals surface area contributed by atoms with E-state index >= 15 is 0 Å². The van der Waals surface area contributed by atoms with E-state index in [1.807, 2.05) is 51.1 Å². The molecule has 4 aromatic rings. The van der Waals surface area contributed by atoms with Gasteiger partial charge in [0.05, 0.1) is 17.3 Å². The van der Waals surface area contributed by atoms with Crippen molar-refractivity contribution in [3.8, 4) is 17.2 Å². The Morgan fingerprint density at radius 2 is 1.84 bits per heavy atom. The monoisotopic (exact) mass is 431 g/mol. The van der Waals surface area contributed by atoms with Crippen LogP contribution in [0.3, 0.4) is 0 Å². The van der Waals surface area contributed by atoms with Crippen LogP contribution in [0.1, 0.15) is 36.2 Å². The predicted molar refractivity (Wildman–Crippen MR) is 124 cm³/mol. The Labute approximate surface area is 185 Å². The van der Waals surface area contributed by atoms with Crippen molar-refractivity contribution in [2.45, 2.75) is 33.3 Å². The van der Waals surface area contributed by atoms with Crippen LogP contribution in [0.15, 0.2) is 71.7 Å². The number of rotatable bonds is 7. The lowest BCUT2D eigenvalue weighted by atomic mass is 10.1. The number of ether oxygens (including phenoxy) is 2. The molecular weight excluding hydrogens is 406 g/mol. The van der Waals surface area contributed by atoms with Gasteiger partial charge in [0, 0.05) is 12.3 Å². The molecule has 7 nitrogen and oxygen atoms in total. The van der Waals surface area contributed by atoms with Gasteiger partial charge in [0.25, 0.3) is 11.5 Å². The number of benzene rings is 2. The number of fused-ring (bicyclic) bond motifs is 1. The highest BCUT2D eigenvalue weighted by Crippen LogP contribution is 2.36. The van der Waals surface area contributed by atoms with Gasteiger partial charge in [0.1, 0.15) is 22.8 Å². The van der Waals surface area contributed by atoms with Crippen LogP contribution in [0.5, 0.6) is 17.2 Å². The second kappa shape index (κ2) is 9.01. The quantitative estimate of drug-likeness (QED) is 0.423. The number of hydrogen-bond acceptors (Lipinski definition) is 4. The maximum Gasteiger partial charge on any atom is 0.277 e. The van der Waals surface area contributed by atoms with Gasteiger partial charge in [0.2, 0.25) is 0 Å². The number of para-hydroxylation sites is 1. The molecule has 0 radical (unpaired) electrons. The molecule has 0 aliphatic carbocycles. The number of H-pyrrole nitrogens is 1. The molecule has 0 bridgehead atoms. The number of anilines is 1. The average Bonchev–Trinajstić information content (AvgIpc) is 3.13. The summed E-state index contributed by atoms with van der Waals surface area (Å²) in [6.45, 7) is 5.86. The molecule has 0 spiro atoms. The van der Waals surface area contributed by atoms with Crippen LogP contribution >= 0.6 is 0 Å². The molecule has 0 fully saturated rings. The van der Waals surface area contributed by atoms with Gasteiger partial charge in [-0.2, -0.15) is 0 Å². The Hall–Kier alpha value is -4.00. The third-order valence-corrected chi connectivity index (χ3v) is 5.19. The number of pyridine rings is 1. The predicted octanol–water partition coefficient (Wildman–Crippen LogP) is 5.16. The van der Waals surface area contributed by atoms with Crippen LogP contribution in [0.2, 0.25) is 0 Å². The van der Waals surface area contributed by atoms with Crippen LogP contribution in [0.4, 0.5) is 5.69 Å². The van der Waals surface area contributed by atoms with Crippen LogP contribution in [0, 0.1) is 6.92 Å². The zero-order valence-electron chi connectivity index (χ0n) is 18.2. The number of carbonyl (C=O) groups is 1. The Balaban J connectivity index is 1.70. The summed E-state index contributed by atoms with van der Waals surface area (Å²) in [7, 11) is 0. The van der Waals surface area contributed by atoms with Crippen molar-refractivity contribution in [1.82, 2.24) is 9.61 Å². The normalized spacial score (nSPS) is 11.8. The fourth-order valence-electron chi connectivity index (χ4n) is 3.32. The maximum atomic E-state index is 13.1. The molecule has 2 aromatic carbocycles. The molecular formula is C25H25N3O4. The van der Waals surface area contributed by atoms with Crippen molar-refractivity contribution in [1.29, 1.82) is 0 Å². The highest BCUT2D eigenvalue weighted by molar-refractivity contribution is 6.09. The highest BCUT2D eigenvalue weighted by Gasteiger charge is 2.20. The van der Waals surface area contributed by atoms with Gasteiger partial charge >= 0.3 is 0 Å². The van der Waals surface area contributed by atoms with E-state index in [9.17, 15) is 9.59 Å². The number of nitrogens with zero attached hydrogens (tertiary/aromatic N) is 1. The molecule has 164 valence electrons. The third kappa shape index (κ3) is 4.37. The highest BCUT2D eigenvalue weighted by atomic mass is 16.5. The second-order valence-corrected chi connectivity index (χ2v) is 7.59. The van der Waals surface area contributed by atoms with Gasteiger partial charge in [-0.3, -0.25) is 19.2 Å². The third-order valence-electron chi connectivity index (χ3n) is 5.19. The molecule has 1 atom stereocenters. The van der Waals surface area contributed by atoms with E-state index in [1.165, 1.54) is 4.52 Å². The van der Waals surface area contributed by atoms with Gasteiger partial charge in [-0.25, -0.2) is 0 Å². The van der Waals surface area contributed by atoms with Crippen molar-refractivity contribution < 1.29 is 14.3 Å². The fraction of sp³-hybridized carbons (Fsp3) is 0.200. The van der Waals surface area contributed by atoms with Crippen molar-refractivity contribution in [3.63, 3.8) is 0 Å². The van der Waals surface area contributed by atoms with E-state index in [1.54, 1.807) is 36.5 Å². The summed E-state index contributed by atoms with van der Waals surface area (Å²) in [6, 6.07) is 18.3. The fourth-order valence-corrected chi connectivity index (χ4v) is 3.32. The van der Waals surface area contributed by atoms with Crippen LogP contribution in [0.25, 0.3) is 5.52 Å². The molecule has 0 saturated carbocycles. The van der Waals surface area contributed by atoms with Crippen molar-refractivity contribution >= 4 is 17.1 Å². The minimum Gasteiger partial charge on any atom is -0.488 e. The average molecular weight is 431 g/mol. The minimum atomic E-state index is -0.509. The lowest BCUT2D eigenvalue weighted by Gasteiger charge is -2.19. The summed E-state index contributed by atoms with van der Waals surface area (Å²) in [6.07, 6.45) is 2.40. The molecule has 2 N–H and O–H groups in total. The lowest BCUT2D eigenvalue weighted by molar-refractivity contribution is 0.102. The Bertz CT molecular complexity index is 1310. The first-order valence-electron chi connectivity index (χ1n) is 10.5. The van der Waals surface area contributed by atoms with E-state index in [0.29, 0.717) is 28.5 Å². The lowest BCUT2D eigenvalue weighted by Crippen LogP contribution is -2.21. The zero-order chi connectivity index (χ0) is 22.7. The summed E-state index contributed by atoms with van der Waals surface area (Å²) in [5.41, 5.74) is 1.38. The van der Waals surface area contributed by atoms with Crippen LogP contribution in [-0.4, -0.2) is 21.6 Å². The Kier molecular flexibility index (Phi) is 5.98. The standard InChI is InChI=1S/C25H25N3O4/c1-4-17(3)31-22-15-21(32-18-10-6-5-7-11-18)16(2)14-19(22)26-24(29)23-20-12-8-9-13-28(20)27-25(23)30/h5-15,17H,4H2,1-3H3,(H,26,29)(H,27,30). The summed E-state index contributed by atoms with van der Waals surface area (Å²) >= 11 is 0. The second-order valence-electron chi connectivity index (χ2n) is 7.59. The van der Waals surface area contributed by atoms with Crippen molar-refractivity contribution in [3.05, 3.63) is 88.3 Å². The van der Waals surface area contributed by atoms with E-state index in [2.05, 4.69) is 10.4 Å². The molecule has 0 aliphatic heterocycles. The zero-order valence-corrected chi connectivity index (χ0v) is 18.2. The molecule has 7 heteroatoms. The number of aromatic amines is 1. The van der Waals surface area contributed by atoms with E-state index < -0.39 is 11.5 Å². The number of aryl methyl sites for hydroxylation is 1. The number of aromatic nitrogens is 2. The van der Waals surface area contributed by atoms with Gasteiger partial charge in [0.15, 0.2) is 0 Å². The van der Waals surface area contributed by atoms with Crippen molar-refractivity contribution in [2.75, 3.05) is 5.32 Å². The van der Waals surface area contributed by atoms with Crippen LogP contribution in [-0.2, 0) is 0 Å². The smallest absolute Gasteiger partial charge is 0.277 e. The van der Waals surface area contributed by atoms with E-state index in [0.717, 1.165) is 12.0 Å². The largest absolute Gasteiger partial charge is 0.488 e. The molecule has 32 heavy (non-hydrogen) atoms. The molecule has 2 aromatic heterocycles. The van der Waals surface area contributed by atoms with Gasteiger partial charge in [-0.1, -0.05) is 31.2 Å². The maximum absolute atomic E-state index is 13.1.